The van der Waals surface area contributed by atoms with Crippen LogP contribution >= 0.6 is 0 Å². The van der Waals surface area contributed by atoms with Crippen LogP contribution in [0.15, 0.2) is 0 Å². The summed E-state index contributed by atoms with van der Waals surface area (Å²) in [5, 5.41) is 0. The van der Waals surface area contributed by atoms with Crippen molar-refractivity contribution in [3.63, 3.8) is 0 Å². The molecule has 0 spiro atoms. The second kappa shape index (κ2) is 15.9. The van der Waals surface area contributed by atoms with Crippen molar-refractivity contribution in [1.29, 1.82) is 0 Å². The number of carbonyl (C=O) groups excluding carboxylic acids is 4. The van der Waals surface area contributed by atoms with Gasteiger partial charge in [0.2, 0.25) is 12.6 Å². The third-order valence-corrected chi connectivity index (χ3v) is 3.78. The molecule has 8 heteroatoms. The van der Waals surface area contributed by atoms with E-state index in [9.17, 15) is 19.2 Å². The highest BCUT2D eigenvalue weighted by Crippen LogP contribution is 2.11. The second-order valence-corrected chi connectivity index (χ2v) is 6.42. The summed E-state index contributed by atoms with van der Waals surface area (Å²) >= 11 is 0. The molecule has 0 radical (unpaired) electrons. The fourth-order valence-corrected chi connectivity index (χ4v) is 2.32. The van der Waals surface area contributed by atoms with Gasteiger partial charge in [0.15, 0.2) is 0 Å². The van der Waals surface area contributed by atoms with Gasteiger partial charge in [-0.15, -0.1) is 0 Å². The Balaban J connectivity index is 3.59. The standard InChI is InChI=1S/C20H34O8/c1-5-17(21)25-15(3)27-19(23)13-11-9-7-8-10-12-14-20(24)28-16(4)26-18(22)6-2/h15-16H,5-14H2,1-4H3. The topological polar surface area (TPSA) is 105 Å². The van der Waals surface area contributed by atoms with Gasteiger partial charge < -0.3 is 18.9 Å². The molecule has 0 aliphatic carbocycles. The second-order valence-electron chi connectivity index (χ2n) is 6.42. The molecule has 0 aliphatic heterocycles. The SMILES string of the molecule is CCC(=O)OC(C)OC(=O)CCCCCCCCC(=O)OC(C)OC(=O)CC. The Morgan fingerprint density at radius 2 is 0.821 bits per heavy atom. The number of hydrogen-bond donors (Lipinski definition) is 0. The minimum Gasteiger partial charge on any atom is -0.425 e. The van der Waals surface area contributed by atoms with Crippen LogP contribution in [0.25, 0.3) is 0 Å². The molecule has 0 bridgehead atoms. The number of rotatable bonds is 15. The molecule has 0 rings (SSSR count). The van der Waals surface area contributed by atoms with Crippen molar-refractivity contribution in [2.45, 2.75) is 104 Å². The molecule has 0 fully saturated rings. The molecule has 2 atom stereocenters. The predicted octanol–water partition coefficient (Wildman–Crippen LogP) is 3.79. The largest absolute Gasteiger partial charge is 0.425 e. The van der Waals surface area contributed by atoms with Crippen LogP contribution in [0.5, 0.6) is 0 Å². The summed E-state index contributed by atoms with van der Waals surface area (Å²) in [6.07, 6.45) is 4.42. The molecular formula is C20H34O8. The lowest BCUT2D eigenvalue weighted by atomic mass is 10.1. The van der Waals surface area contributed by atoms with E-state index in [1.165, 1.54) is 13.8 Å². The Labute approximate surface area is 167 Å². The molecule has 28 heavy (non-hydrogen) atoms. The number of ether oxygens (including phenoxy) is 4. The molecule has 2 unspecified atom stereocenters. The lowest BCUT2D eigenvalue weighted by Gasteiger charge is -2.13. The van der Waals surface area contributed by atoms with E-state index in [2.05, 4.69) is 0 Å². The first-order valence-electron chi connectivity index (χ1n) is 10.1. The molecule has 0 amide bonds. The van der Waals surface area contributed by atoms with Crippen molar-refractivity contribution in [2.24, 2.45) is 0 Å². The predicted molar refractivity (Wildman–Crippen MR) is 101 cm³/mol. The Hall–Kier alpha value is -2.12. The quantitative estimate of drug-likeness (QED) is 0.231. The van der Waals surface area contributed by atoms with Gasteiger partial charge >= 0.3 is 23.9 Å². The van der Waals surface area contributed by atoms with Crippen molar-refractivity contribution in [3.05, 3.63) is 0 Å². The Morgan fingerprint density at radius 1 is 0.536 bits per heavy atom. The van der Waals surface area contributed by atoms with E-state index in [-0.39, 0.29) is 37.6 Å². The summed E-state index contributed by atoms with van der Waals surface area (Å²) in [6, 6.07) is 0. The summed E-state index contributed by atoms with van der Waals surface area (Å²) in [5.74, 6) is -1.56. The van der Waals surface area contributed by atoms with Crippen LogP contribution in [-0.4, -0.2) is 36.5 Å². The molecule has 0 aliphatic rings. The van der Waals surface area contributed by atoms with Gasteiger partial charge in [0.25, 0.3) is 0 Å². The highest BCUT2D eigenvalue weighted by molar-refractivity contribution is 5.71. The minimum absolute atomic E-state index is 0.241. The van der Waals surface area contributed by atoms with Gasteiger partial charge in [0.1, 0.15) is 0 Å². The lowest BCUT2D eigenvalue weighted by Crippen LogP contribution is -2.21. The van der Waals surface area contributed by atoms with Crippen LogP contribution in [0.4, 0.5) is 0 Å². The van der Waals surface area contributed by atoms with Crippen molar-refractivity contribution in [3.8, 4) is 0 Å². The zero-order valence-electron chi connectivity index (χ0n) is 17.5. The van der Waals surface area contributed by atoms with E-state index in [1.807, 2.05) is 0 Å². The maximum absolute atomic E-state index is 11.6. The average molecular weight is 402 g/mol. The van der Waals surface area contributed by atoms with Gasteiger partial charge in [-0.3, -0.25) is 19.2 Å². The van der Waals surface area contributed by atoms with Gasteiger partial charge in [0.05, 0.1) is 0 Å². The maximum Gasteiger partial charge on any atom is 0.308 e. The van der Waals surface area contributed by atoms with Crippen molar-refractivity contribution < 1.29 is 38.1 Å². The average Bonchev–Trinajstić information content (AvgIpc) is 2.63. The Kier molecular flexibility index (Phi) is 14.7. The van der Waals surface area contributed by atoms with Crippen LogP contribution in [0.3, 0.4) is 0 Å². The summed E-state index contributed by atoms with van der Waals surface area (Å²) in [7, 11) is 0. The number of unbranched alkanes of at least 4 members (excludes halogenated alkanes) is 5. The molecule has 0 aromatic rings. The summed E-state index contributed by atoms with van der Waals surface area (Å²) in [5.41, 5.74) is 0. The normalized spacial score (nSPS) is 12.6. The van der Waals surface area contributed by atoms with Crippen LogP contribution in [0, 0.1) is 0 Å². The van der Waals surface area contributed by atoms with Gasteiger partial charge in [-0.25, -0.2) is 0 Å². The van der Waals surface area contributed by atoms with Gasteiger partial charge in [0, 0.05) is 39.5 Å². The molecule has 0 saturated carbocycles. The van der Waals surface area contributed by atoms with E-state index in [1.54, 1.807) is 13.8 Å². The van der Waals surface area contributed by atoms with Crippen LogP contribution in [-0.2, 0) is 38.1 Å². The monoisotopic (exact) mass is 402 g/mol. The Bertz CT molecular complexity index is 445. The zero-order valence-corrected chi connectivity index (χ0v) is 17.5. The first-order valence-corrected chi connectivity index (χ1v) is 10.1. The third-order valence-electron chi connectivity index (χ3n) is 3.78. The first kappa shape index (κ1) is 25.9. The summed E-state index contributed by atoms with van der Waals surface area (Å²) < 4.78 is 19.7. The van der Waals surface area contributed by atoms with Crippen molar-refractivity contribution in [1.82, 2.24) is 0 Å². The maximum atomic E-state index is 11.6. The van der Waals surface area contributed by atoms with E-state index < -0.39 is 24.5 Å². The molecule has 0 N–H and O–H groups in total. The summed E-state index contributed by atoms with van der Waals surface area (Å²) in [6.45, 7) is 6.38. The third kappa shape index (κ3) is 15.0. The van der Waals surface area contributed by atoms with Crippen molar-refractivity contribution in [2.75, 3.05) is 0 Å². The zero-order chi connectivity index (χ0) is 21.4. The summed E-state index contributed by atoms with van der Waals surface area (Å²) in [4.78, 5) is 45.4. The number of esters is 4. The van der Waals surface area contributed by atoms with Crippen LogP contribution in [0.1, 0.15) is 91.9 Å². The van der Waals surface area contributed by atoms with Gasteiger partial charge in [-0.2, -0.15) is 0 Å². The molecule has 162 valence electrons. The molecule has 0 saturated heterocycles. The smallest absolute Gasteiger partial charge is 0.308 e. The van der Waals surface area contributed by atoms with E-state index in [0.29, 0.717) is 12.8 Å². The van der Waals surface area contributed by atoms with Crippen molar-refractivity contribution >= 4 is 23.9 Å². The van der Waals surface area contributed by atoms with Crippen LogP contribution in [0.2, 0.25) is 0 Å². The number of carbonyl (C=O) groups is 4. The molecule has 0 aromatic heterocycles. The fourth-order valence-electron chi connectivity index (χ4n) is 2.32. The van der Waals surface area contributed by atoms with Gasteiger partial charge in [-0.05, 0) is 12.8 Å². The molecule has 0 aromatic carbocycles. The first-order chi connectivity index (χ1) is 13.3. The molecule has 8 nitrogen and oxygen atoms in total. The highest BCUT2D eigenvalue weighted by atomic mass is 16.7. The molecular weight excluding hydrogens is 368 g/mol. The minimum atomic E-state index is -0.854. The highest BCUT2D eigenvalue weighted by Gasteiger charge is 2.13. The van der Waals surface area contributed by atoms with Gasteiger partial charge in [-0.1, -0.05) is 39.5 Å². The van der Waals surface area contributed by atoms with E-state index >= 15 is 0 Å². The Morgan fingerprint density at radius 3 is 1.14 bits per heavy atom. The van der Waals surface area contributed by atoms with E-state index in [4.69, 9.17) is 18.9 Å². The molecule has 0 heterocycles. The number of hydrogen-bond acceptors (Lipinski definition) is 8. The van der Waals surface area contributed by atoms with Crippen LogP contribution < -0.4 is 0 Å². The fraction of sp³-hybridized carbons (Fsp3) is 0.800. The lowest BCUT2D eigenvalue weighted by molar-refractivity contribution is -0.186. The van der Waals surface area contributed by atoms with E-state index in [0.717, 1.165) is 25.7 Å².